The Morgan fingerprint density at radius 2 is 1.93 bits per heavy atom. The summed E-state index contributed by atoms with van der Waals surface area (Å²) in [6.45, 7) is 4.47. The fourth-order valence-corrected chi connectivity index (χ4v) is 1.97. The number of benzene rings is 1. The van der Waals surface area contributed by atoms with Crippen molar-refractivity contribution in [2.45, 2.75) is 26.2 Å². The SMILES string of the molecule is CC(C)CC(CO)c1ccccc1Cl. The zero-order valence-electron chi connectivity index (χ0n) is 8.70. The van der Waals surface area contributed by atoms with Crippen molar-refractivity contribution in [1.29, 1.82) is 0 Å². The van der Waals surface area contributed by atoms with Crippen molar-refractivity contribution in [2.24, 2.45) is 5.92 Å². The highest BCUT2D eigenvalue weighted by molar-refractivity contribution is 6.31. The topological polar surface area (TPSA) is 20.2 Å². The number of aliphatic hydroxyl groups is 1. The van der Waals surface area contributed by atoms with Gasteiger partial charge < -0.3 is 5.11 Å². The molecule has 0 saturated heterocycles. The quantitative estimate of drug-likeness (QED) is 0.811. The Bertz CT molecular complexity index is 283. The molecule has 1 rings (SSSR count). The lowest BCUT2D eigenvalue weighted by atomic mass is 9.91. The van der Waals surface area contributed by atoms with Gasteiger partial charge >= 0.3 is 0 Å². The summed E-state index contributed by atoms with van der Waals surface area (Å²) in [5.41, 5.74) is 1.06. The van der Waals surface area contributed by atoms with Crippen molar-refractivity contribution in [3.8, 4) is 0 Å². The van der Waals surface area contributed by atoms with Crippen LogP contribution in [0.1, 0.15) is 31.7 Å². The van der Waals surface area contributed by atoms with Crippen LogP contribution in [0.15, 0.2) is 24.3 Å². The van der Waals surface area contributed by atoms with E-state index in [-0.39, 0.29) is 12.5 Å². The number of hydrogen-bond donors (Lipinski definition) is 1. The van der Waals surface area contributed by atoms with Gasteiger partial charge in [0.1, 0.15) is 0 Å². The van der Waals surface area contributed by atoms with Crippen LogP contribution in [0.5, 0.6) is 0 Å². The Morgan fingerprint density at radius 3 is 2.43 bits per heavy atom. The molecule has 2 heteroatoms. The van der Waals surface area contributed by atoms with E-state index < -0.39 is 0 Å². The van der Waals surface area contributed by atoms with E-state index in [1.807, 2.05) is 24.3 Å². The van der Waals surface area contributed by atoms with Crippen molar-refractivity contribution in [2.75, 3.05) is 6.61 Å². The molecule has 0 aliphatic heterocycles. The zero-order chi connectivity index (χ0) is 10.6. The summed E-state index contributed by atoms with van der Waals surface area (Å²) in [5.74, 6) is 0.743. The molecule has 1 N–H and O–H groups in total. The first-order valence-electron chi connectivity index (χ1n) is 5.00. The second kappa shape index (κ2) is 5.38. The van der Waals surface area contributed by atoms with Gasteiger partial charge in [-0.1, -0.05) is 43.6 Å². The lowest BCUT2D eigenvalue weighted by Crippen LogP contribution is -2.08. The molecule has 0 amide bonds. The molecular formula is C12H17ClO. The van der Waals surface area contributed by atoms with Crippen LogP contribution >= 0.6 is 11.6 Å². The Labute approximate surface area is 90.7 Å². The smallest absolute Gasteiger partial charge is 0.0500 e. The molecule has 1 atom stereocenters. The van der Waals surface area contributed by atoms with Crippen molar-refractivity contribution < 1.29 is 5.11 Å². The van der Waals surface area contributed by atoms with Gasteiger partial charge in [0.15, 0.2) is 0 Å². The molecule has 0 spiro atoms. The van der Waals surface area contributed by atoms with Crippen molar-refractivity contribution in [3.63, 3.8) is 0 Å². The summed E-state index contributed by atoms with van der Waals surface area (Å²) in [6.07, 6.45) is 0.972. The molecule has 0 aliphatic carbocycles. The van der Waals surface area contributed by atoms with Crippen molar-refractivity contribution >= 4 is 11.6 Å². The molecule has 0 fully saturated rings. The highest BCUT2D eigenvalue weighted by Crippen LogP contribution is 2.28. The highest BCUT2D eigenvalue weighted by Gasteiger charge is 2.14. The van der Waals surface area contributed by atoms with Crippen molar-refractivity contribution in [3.05, 3.63) is 34.9 Å². The van der Waals surface area contributed by atoms with Gasteiger partial charge in [-0.3, -0.25) is 0 Å². The Morgan fingerprint density at radius 1 is 1.29 bits per heavy atom. The number of halogens is 1. The van der Waals surface area contributed by atoms with Crippen molar-refractivity contribution in [1.82, 2.24) is 0 Å². The third kappa shape index (κ3) is 3.00. The van der Waals surface area contributed by atoms with E-state index in [0.29, 0.717) is 5.92 Å². The molecule has 14 heavy (non-hydrogen) atoms. The van der Waals surface area contributed by atoms with Crippen LogP contribution in [0.2, 0.25) is 5.02 Å². The normalized spacial score (nSPS) is 13.2. The summed E-state index contributed by atoms with van der Waals surface area (Å²) < 4.78 is 0. The lowest BCUT2D eigenvalue weighted by molar-refractivity contribution is 0.249. The minimum Gasteiger partial charge on any atom is -0.396 e. The first kappa shape index (κ1) is 11.5. The Balaban J connectivity index is 2.83. The monoisotopic (exact) mass is 212 g/mol. The van der Waals surface area contributed by atoms with E-state index in [1.54, 1.807) is 0 Å². The van der Waals surface area contributed by atoms with Gasteiger partial charge in [-0.2, -0.15) is 0 Å². The molecule has 0 aliphatic rings. The van der Waals surface area contributed by atoms with Gasteiger partial charge in [0, 0.05) is 17.5 Å². The third-order valence-electron chi connectivity index (χ3n) is 2.32. The van der Waals surface area contributed by atoms with E-state index in [2.05, 4.69) is 13.8 Å². The van der Waals surface area contributed by atoms with E-state index in [1.165, 1.54) is 0 Å². The average molecular weight is 213 g/mol. The highest BCUT2D eigenvalue weighted by atomic mass is 35.5. The maximum atomic E-state index is 9.29. The van der Waals surface area contributed by atoms with Crippen LogP contribution in [0.3, 0.4) is 0 Å². The van der Waals surface area contributed by atoms with Crippen LogP contribution in [-0.4, -0.2) is 11.7 Å². The number of hydrogen-bond acceptors (Lipinski definition) is 1. The molecule has 78 valence electrons. The van der Waals surface area contributed by atoms with E-state index >= 15 is 0 Å². The molecule has 0 heterocycles. The van der Waals surface area contributed by atoms with Gasteiger partial charge in [-0.25, -0.2) is 0 Å². The lowest BCUT2D eigenvalue weighted by Gasteiger charge is -2.17. The average Bonchev–Trinajstić information content (AvgIpc) is 2.15. The van der Waals surface area contributed by atoms with E-state index in [0.717, 1.165) is 17.0 Å². The molecule has 1 nitrogen and oxygen atoms in total. The minimum absolute atomic E-state index is 0.169. The fourth-order valence-electron chi connectivity index (χ4n) is 1.68. The molecule has 0 aromatic heterocycles. The van der Waals surface area contributed by atoms with Gasteiger partial charge in [-0.15, -0.1) is 0 Å². The van der Waals surface area contributed by atoms with Gasteiger partial charge in [0.05, 0.1) is 0 Å². The first-order valence-corrected chi connectivity index (χ1v) is 5.38. The molecule has 1 aromatic carbocycles. The second-order valence-corrected chi connectivity index (χ2v) is 4.44. The molecule has 1 aromatic rings. The third-order valence-corrected chi connectivity index (χ3v) is 2.67. The summed E-state index contributed by atoms with van der Waals surface area (Å²) in [6, 6.07) is 7.74. The Hall–Kier alpha value is -0.530. The predicted octanol–water partition coefficient (Wildman–Crippen LogP) is 3.46. The molecule has 0 saturated carbocycles. The zero-order valence-corrected chi connectivity index (χ0v) is 9.46. The van der Waals surface area contributed by atoms with Crippen LogP contribution in [0, 0.1) is 5.92 Å². The molecule has 0 bridgehead atoms. The molecular weight excluding hydrogens is 196 g/mol. The predicted molar refractivity (Wildman–Crippen MR) is 60.7 cm³/mol. The fraction of sp³-hybridized carbons (Fsp3) is 0.500. The first-order chi connectivity index (χ1) is 6.65. The standard InChI is InChI=1S/C12H17ClO/c1-9(2)7-10(8-14)11-5-3-4-6-12(11)13/h3-6,9-10,14H,7-8H2,1-2H3. The van der Waals surface area contributed by atoms with E-state index in [4.69, 9.17) is 11.6 Å². The van der Waals surface area contributed by atoms with E-state index in [9.17, 15) is 5.11 Å². The summed E-state index contributed by atoms with van der Waals surface area (Å²) >= 11 is 6.07. The van der Waals surface area contributed by atoms with Gasteiger partial charge in [-0.05, 0) is 24.0 Å². The van der Waals surface area contributed by atoms with Crippen LogP contribution < -0.4 is 0 Å². The summed E-state index contributed by atoms with van der Waals surface area (Å²) in [4.78, 5) is 0. The number of rotatable bonds is 4. The van der Waals surface area contributed by atoms with Crippen LogP contribution in [0.4, 0.5) is 0 Å². The Kier molecular flexibility index (Phi) is 4.43. The molecule has 0 radical (unpaired) electrons. The largest absolute Gasteiger partial charge is 0.396 e. The molecule has 1 unspecified atom stereocenters. The van der Waals surface area contributed by atoms with Gasteiger partial charge in [0.2, 0.25) is 0 Å². The minimum atomic E-state index is 0.169. The number of aliphatic hydroxyl groups excluding tert-OH is 1. The summed E-state index contributed by atoms with van der Waals surface area (Å²) in [5, 5.41) is 10.1. The maximum Gasteiger partial charge on any atom is 0.0500 e. The second-order valence-electron chi connectivity index (χ2n) is 4.03. The summed E-state index contributed by atoms with van der Waals surface area (Å²) in [7, 11) is 0. The maximum absolute atomic E-state index is 9.29. The van der Waals surface area contributed by atoms with Crippen LogP contribution in [0.25, 0.3) is 0 Å². The van der Waals surface area contributed by atoms with Gasteiger partial charge in [0.25, 0.3) is 0 Å². The van der Waals surface area contributed by atoms with Crippen LogP contribution in [-0.2, 0) is 0 Å².